The van der Waals surface area contributed by atoms with Crippen molar-refractivity contribution in [1.82, 2.24) is 5.43 Å². The zero-order valence-electron chi connectivity index (χ0n) is 6.18. The Hall–Kier alpha value is -0.510. The van der Waals surface area contributed by atoms with Gasteiger partial charge in [0.2, 0.25) is 0 Å². The van der Waals surface area contributed by atoms with Gasteiger partial charge in [-0.1, -0.05) is 17.7 Å². The second-order valence-electron chi connectivity index (χ2n) is 2.38. The lowest BCUT2D eigenvalue weighted by Gasteiger charge is -2.15. The van der Waals surface area contributed by atoms with Gasteiger partial charge in [-0.3, -0.25) is 10.2 Å². The van der Waals surface area contributed by atoms with Gasteiger partial charge in [0.05, 0.1) is 5.38 Å². The quantitative estimate of drug-likeness (QED) is 0.292. The SMILES string of the molecule is NNC(=O)C1=CC=C(Cl)CC1Cl. The van der Waals surface area contributed by atoms with E-state index in [4.69, 9.17) is 29.0 Å². The van der Waals surface area contributed by atoms with Gasteiger partial charge in [-0.2, -0.15) is 0 Å². The number of hydrogen-bond acceptors (Lipinski definition) is 2. The Kier molecular flexibility index (Phi) is 3.14. The van der Waals surface area contributed by atoms with Crippen LogP contribution in [0.2, 0.25) is 0 Å². The lowest BCUT2D eigenvalue weighted by molar-refractivity contribution is -0.117. The Labute approximate surface area is 80.2 Å². The molecule has 3 nitrogen and oxygen atoms in total. The molecule has 5 heteroatoms. The van der Waals surface area contributed by atoms with Crippen molar-refractivity contribution < 1.29 is 4.79 Å². The molecule has 0 heterocycles. The number of nitrogens with one attached hydrogen (secondary N) is 1. The van der Waals surface area contributed by atoms with Gasteiger partial charge in [0.1, 0.15) is 0 Å². The first-order chi connectivity index (χ1) is 5.65. The van der Waals surface area contributed by atoms with Gasteiger partial charge < -0.3 is 0 Å². The average Bonchev–Trinajstić information content (AvgIpc) is 2.03. The molecule has 12 heavy (non-hydrogen) atoms. The van der Waals surface area contributed by atoms with E-state index in [1.54, 1.807) is 12.2 Å². The summed E-state index contributed by atoms with van der Waals surface area (Å²) in [4.78, 5) is 11.0. The van der Waals surface area contributed by atoms with Crippen LogP contribution in [0.25, 0.3) is 0 Å². The Bertz CT molecular complexity index is 260. The molecule has 1 unspecified atom stereocenters. The van der Waals surface area contributed by atoms with Crippen LogP contribution in [0.15, 0.2) is 22.8 Å². The van der Waals surface area contributed by atoms with Crippen molar-refractivity contribution in [1.29, 1.82) is 0 Å². The number of nitrogens with two attached hydrogens (primary N) is 1. The summed E-state index contributed by atoms with van der Waals surface area (Å²) in [6.07, 6.45) is 3.69. The molecular formula is C7H8Cl2N2O. The van der Waals surface area contributed by atoms with Gasteiger partial charge in [0.25, 0.3) is 5.91 Å². The third-order valence-corrected chi connectivity index (χ3v) is 2.22. The Balaban J connectivity index is 2.82. The smallest absolute Gasteiger partial charge is 0.262 e. The molecule has 0 spiro atoms. The molecule has 1 amide bonds. The molecule has 0 radical (unpaired) electrons. The average molecular weight is 207 g/mol. The highest BCUT2D eigenvalue weighted by atomic mass is 35.5. The normalized spacial score (nSPS) is 22.8. The molecule has 66 valence electrons. The summed E-state index contributed by atoms with van der Waals surface area (Å²) in [5.74, 6) is 4.58. The second kappa shape index (κ2) is 3.94. The zero-order valence-corrected chi connectivity index (χ0v) is 7.69. The number of carbonyl (C=O) groups is 1. The maximum atomic E-state index is 11.0. The van der Waals surface area contributed by atoms with Crippen LogP contribution >= 0.6 is 23.2 Å². The fraction of sp³-hybridized carbons (Fsp3) is 0.286. The minimum absolute atomic E-state index is 0.365. The van der Waals surface area contributed by atoms with Crippen LogP contribution in [0.3, 0.4) is 0 Å². The molecule has 0 saturated carbocycles. The molecule has 1 rings (SSSR count). The van der Waals surface area contributed by atoms with E-state index in [2.05, 4.69) is 0 Å². The predicted octanol–water partition coefficient (Wildman–Crippen LogP) is 1.04. The molecule has 0 fully saturated rings. The molecule has 1 aliphatic rings. The maximum absolute atomic E-state index is 11.0. The molecular weight excluding hydrogens is 199 g/mol. The van der Waals surface area contributed by atoms with E-state index in [0.29, 0.717) is 17.0 Å². The fourth-order valence-electron chi connectivity index (χ4n) is 0.935. The Morgan fingerprint density at radius 2 is 2.33 bits per heavy atom. The van der Waals surface area contributed by atoms with Crippen LogP contribution in [0, 0.1) is 0 Å². The summed E-state index contributed by atoms with van der Waals surface area (Å²) in [7, 11) is 0. The lowest BCUT2D eigenvalue weighted by atomic mass is 10.0. The molecule has 0 aromatic heterocycles. The van der Waals surface area contributed by atoms with Crippen molar-refractivity contribution in [2.24, 2.45) is 5.84 Å². The van der Waals surface area contributed by atoms with Crippen LogP contribution in [-0.4, -0.2) is 11.3 Å². The third kappa shape index (κ3) is 2.00. The van der Waals surface area contributed by atoms with Crippen molar-refractivity contribution in [3.8, 4) is 0 Å². The number of hydrogen-bond donors (Lipinski definition) is 2. The maximum Gasteiger partial charge on any atom is 0.262 e. The third-order valence-electron chi connectivity index (χ3n) is 1.55. The van der Waals surface area contributed by atoms with Gasteiger partial charge >= 0.3 is 0 Å². The van der Waals surface area contributed by atoms with Crippen molar-refractivity contribution in [3.05, 3.63) is 22.8 Å². The fourth-order valence-corrected chi connectivity index (χ4v) is 1.57. The molecule has 0 aromatic carbocycles. The molecule has 0 bridgehead atoms. The lowest BCUT2D eigenvalue weighted by Crippen LogP contribution is -2.34. The topological polar surface area (TPSA) is 55.1 Å². The van der Waals surface area contributed by atoms with E-state index >= 15 is 0 Å². The number of allylic oxidation sites excluding steroid dienone is 3. The first-order valence-corrected chi connectivity index (χ1v) is 4.18. The summed E-state index contributed by atoms with van der Waals surface area (Å²) in [5, 5.41) is 0.259. The Morgan fingerprint density at radius 3 is 2.83 bits per heavy atom. The van der Waals surface area contributed by atoms with E-state index in [-0.39, 0.29) is 11.3 Å². The van der Waals surface area contributed by atoms with Gasteiger partial charge in [0, 0.05) is 17.0 Å². The summed E-state index contributed by atoms with van der Waals surface area (Å²) in [6.45, 7) is 0. The number of rotatable bonds is 1. The van der Waals surface area contributed by atoms with Crippen molar-refractivity contribution in [3.63, 3.8) is 0 Å². The highest BCUT2D eigenvalue weighted by Crippen LogP contribution is 2.25. The highest BCUT2D eigenvalue weighted by Gasteiger charge is 2.21. The van der Waals surface area contributed by atoms with Crippen molar-refractivity contribution in [2.45, 2.75) is 11.8 Å². The first-order valence-electron chi connectivity index (χ1n) is 3.36. The number of halogens is 2. The van der Waals surface area contributed by atoms with Crippen LogP contribution in [-0.2, 0) is 4.79 Å². The zero-order chi connectivity index (χ0) is 9.14. The van der Waals surface area contributed by atoms with Crippen LogP contribution in [0.5, 0.6) is 0 Å². The van der Waals surface area contributed by atoms with Gasteiger partial charge in [0.15, 0.2) is 0 Å². The van der Waals surface area contributed by atoms with E-state index in [9.17, 15) is 4.79 Å². The predicted molar refractivity (Wildman–Crippen MR) is 48.6 cm³/mol. The summed E-state index contributed by atoms with van der Waals surface area (Å²) >= 11 is 11.5. The van der Waals surface area contributed by atoms with Crippen molar-refractivity contribution >= 4 is 29.1 Å². The molecule has 1 aliphatic carbocycles. The summed E-state index contributed by atoms with van der Waals surface area (Å²) < 4.78 is 0. The van der Waals surface area contributed by atoms with E-state index < -0.39 is 0 Å². The van der Waals surface area contributed by atoms with Crippen LogP contribution < -0.4 is 11.3 Å². The standard InChI is InChI=1S/C7H8Cl2N2O/c8-4-1-2-5(6(9)3-4)7(12)11-10/h1-2,6H,3,10H2,(H,11,12). The molecule has 0 aliphatic heterocycles. The number of hydrazine groups is 1. The monoisotopic (exact) mass is 206 g/mol. The molecule has 3 N–H and O–H groups in total. The first kappa shape index (κ1) is 9.58. The molecule has 0 saturated heterocycles. The number of alkyl halides is 1. The largest absolute Gasteiger partial charge is 0.290 e. The summed E-state index contributed by atoms with van der Waals surface area (Å²) in [5.41, 5.74) is 2.46. The Morgan fingerprint density at radius 1 is 1.67 bits per heavy atom. The minimum atomic E-state index is -0.383. The molecule has 0 aromatic rings. The second-order valence-corrected chi connectivity index (χ2v) is 3.39. The number of carbonyl (C=O) groups excluding carboxylic acids is 1. The van der Waals surface area contributed by atoms with E-state index in [1.807, 2.05) is 5.43 Å². The number of amides is 1. The van der Waals surface area contributed by atoms with Crippen molar-refractivity contribution in [2.75, 3.05) is 0 Å². The van der Waals surface area contributed by atoms with Gasteiger partial charge in [-0.15, -0.1) is 11.6 Å². The molecule has 1 atom stereocenters. The van der Waals surface area contributed by atoms with Gasteiger partial charge in [-0.05, 0) is 6.08 Å². The van der Waals surface area contributed by atoms with E-state index in [0.717, 1.165) is 0 Å². The van der Waals surface area contributed by atoms with Crippen LogP contribution in [0.4, 0.5) is 0 Å². The minimum Gasteiger partial charge on any atom is -0.290 e. The summed E-state index contributed by atoms with van der Waals surface area (Å²) in [6, 6.07) is 0. The van der Waals surface area contributed by atoms with Gasteiger partial charge in [-0.25, -0.2) is 5.84 Å². The highest BCUT2D eigenvalue weighted by molar-refractivity contribution is 6.32. The van der Waals surface area contributed by atoms with E-state index in [1.165, 1.54) is 0 Å². The van der Waals surface area contributed by atoms with Crippen LogP contribution in [0.1, 0.15) is 6.42 Å².